The van der Waals surface area contributed by atoms with E-state index >= 15 is 0 Å². The summed E-state index contributed by atoms with van der Waals surface area (Å²) in [6, 6.07) is 0. The number of hydrogen-bond acceptors (Lipinski definition) is 0. The number of halogens is 2. The fraction of sp³-hybridized carbons (Fsp3) is 0.333. The molecule has 0 unspecified atom stereocenters. The maximum Gasteiger partial charge on any atom is 0.114 e. The van der Waals surface area contributed by atoms with E-state index in [1.54, 1.807) is 6.08 Å². The van der Waals surface area contributed by atoms with Gasteiger partial charge in [0.25, 0.3) is 0 Å². The van der Waals surface area contributed by atoms with Gasteiger partial charge in [-0.2, -0.15) is 0 Å². The molecule has 0 spiro atoms. The molecule has 0 atom stereocenters. The van der Waals surface area contributed by atoms with E-state index in [2.05, 4.69) is 15.9 Å². The molecule has 0 nitrogen and oxygen atoms in total. The second kappa shape index (κ2) is 2.44. The largest absolute Gasteiger partial charge is 0.211 e. The van der Waals surface area contributed by atoms with Crippen LogP contribution in [0.2, 0.25) is 0 Å². The van der Waals surface area contributed by atoms with Gasteiger partial charge in [0.05, 0.1) is 0 Å². The van der Waals surface area contributed by atoms with Gasteiger partial charge < -0.3 is 0 Å². The lowest BCUT2D eigenvalue weighted by Crippen LogP contribution is -1.82. The van der Waals surface area contributed by atoms with Crippen molar-refractivity contribution in [3.05, 3.63) is 22.5 Å². The second-order valence-corrected chi connectivity index (χ2v) is 2.55. The molecule has 1 rings (SSSR count). The van der Waals surface area contributed by atoms with Crippen LogP contribution in [0.25, 0.3) is 0 Å². The van der Waals surface area contributed by atoms with E-state index in [1.165, 1.54) is 0 Å². The molecule has 0 aromatic rings. The summed E-state index contributed by atoms with van der Waals surface area (Å²) in [5, 5.41) is 0. The minimum absolute atomic E-state index is 0.0347. The van der Waals surface area contributed by atoms with Crippen molar-refractivity contribution in [1.29, 1.82) is 0 Å². The number of allylic oxidation sites excluding steroid dienone is 4. The van der Waals surface area contributed by atoms with E-state index in [-0.39, 0.29) is 5.83 Å². The highest BCUT2D eigenvalue weighted by Gasteiger charge is 2.02. The predicted molar refractivity (Wildman–Crippen MR) is 35.4 cm³/mol. The van der Waals surface area contributed by atoms with E-state index in [1.807, 2.05) is 6.08 Å². The third-order valence-corrected chi connectivity index (χ3v) is 1.75. The van der Waals surface area contributed by atoms with Crippen LogP contribution in [-0.2, 0) is 0 Å². The van der Waals surface area contributed by atoms with Crippen LogP contribution in [0.3, 0.4) is 0 Å². The van der Waals surface area contributed by atoms with Crippen LogP contribution in [0.15, 0.2) is 22.5 Å². The van der Waals surface area contributed by atoms with Crippen molar-refractivity contribution in [2.75, 3.05) is 0 Å². The summed E-state index contributed by atoms with van der Waals surface area (Å²) in [4.78, 5) is 0. The Morgan fingerprint density at radius 1 is 1.62 bits per heavy atom. The molecule has 44 valence electrons. The van der Waals surface area contributed by atoms with Gasteiger partial charge in [-0.1, -0.05) is 6.08 Å². The van der Waals surface area contributed by atoms with E-state index in [9.17, 15) is 4.39 Å². The van der Waals surface area contributed by atoms with Gasteiger partial charge in [-0.3, -0.25) is 0 Å². The first-order valence-corrected chi connectivity index (χ1v) is 3.30. The van der Waals surface area contributed by atoms with Gasteiger partial charge in [0.15, 0.2) is 0 Å². The minimum atomic E-state index is -0.0347. The molecule has 8 heavy (non-hydrogen) atoms. The molecule has 0 aromatic carbocycles. The Kier molecular flexibility index (Phi) is 1.84. The average molecular weight is 177 g/mol. The summed E-state index contributed by atoms with van der Waals surface area (Å²) in [7, 11) is 0. The Hall–Kier alpha value is -0.110. The fourth-order valence-corrected chi connectivity index (χ4v) is 0.992. The monoisotopic (exact) mass is 176 g/mol. The van der Waals surface area contributed by atoms with Crippen LogP contribution in [-0.4, -0.2) is 0 Å². The second-order valence-electron chi connectivity index (χ2n) is 1.69. The summed E-state index contributed by atoms with van der Waals surface area (Å²) in [5.74, 6) is -0.0347. The molecular weight excluding hydrogens is 171 g/mol. The summed E-state index contributed by atoms with van der Waals surface area (Å²) >= 11 is 3.07. The van der Waals surface area contributed by atoms with Gasteiger partial charge >= 0.3 is 0 Å². The quantitative estimate of drug-likeness (QED) is 0.533. The van der Waals surface area contributed by atoms with Gasteiger partial charge in [0, 0.05) is 10.9 Å². The molecule has 0 saturated carbocycles. The molecule has 0 amide bonds. The number of rotatable bonds is 0. The van der Waals surface area contributed by atoms with Crippen molar-refractivity contribution in [2.24, 2.45) is 0 Å². The molecule has 1 aliphatic rings. The van der Waals surface area contributed by atoms with Crippen molar-refractivity contribution in [2.45, 2.75) is 12.8 Å². The molecule has 2 heteroatoms. The highest BCUT2D eigenvalue weighted by Crippen LogP contribution is 2.23. The fourth-order valence-electron chi connectivity index (χ4n) is 0.607. The van der Waals surface area contributed by atoms with Crippen LogP contribution >= 0.6 is 15.9 Å². The molecule has 0 bridgehead atoms. The summed E-state index contributed by atoms with van der Waals surface area (Å²) < 4.78 is 13.0. The first-order chi connectivity index (χ1) is 3.80. The lowest BCUT2D eigenvalue weighted by molar-refractivity contribution is 0.586. The van der Waals surface area contributed by atoms with E-state index in [0.29, 0.717) is 10.9 Å². The lowest BCUT2D eigenvalue weighted by atomic mass is 10.2. The van der Waals surface area contributed by atoms with Crippen LogP contribution in [0, 0.1) is 0 Å². The van der Waals surface area contributed by atoms with Gasteiger partial charge in [0.2, 0.25) is 0 Å². The molecular formula is C6H6BrF. The van der Waals surface area contributed by atoms with Crippen LogP contribution in [0.1, 0.15) is 12.8 Å². The summed E-state index contributed by atoms with van der Waals surface area (Å²) in [6.07, 6.45) is 5.09. The molecule has 0 saturated heterocycles. The topological polar surface area (TPSA) is 0 Å². The molecule has 0 N–H and O–H groups in total. The normalized spacial score (nSPS) is 19.8. The van der Waals surface area contributed by atoms with Crippen molar-refractivity contribution >= 4 is 15.9 Å². The third-order valence-electron chi connectivity index (χ3n) is 1.05. The van der Waals surface area contributed by atoms with Gasteiger partial charge in [-0.15, -0.1) is 0 Å². The maximum atomic E-state index is 12.4. The average Bonchev–Trinajstić information content (AvgIpc) is 1.77. The van der Waals surface area contributed by atoms with Crippen LogP contribution in [0.4, 0.5) is 4.39 Å². The van der Waals surface area contributed by atoms with Gasteiger partial charge in [-0.05, 0) is 28.4 Å². The van der Waals surface area contributed by atoms with Crippen LogP contribution < -0.4 is 0 Å². The summed E-state index contributed by atoms with van der Waals surface area (Å²) in [6.45, 7) is 0. The molecule has 1 aliphatic carbocycles. The van der Waals surface area contributed by atoms with Gasteiger partial charge in [0.1, 0.15) is 5.83 Å². The van der Waals surface area contributed by atoms with Crippen LogP contribution in [0.5, 0.6) is 0 Å². The Labute approximate surface area is 56.2 Å². The Morgan fingerprint density at radius 3 is 2.75 bits per heavy atom. The Bertz CT molecular complexity index is 147. The Morgan fingerprint density at radius 2 is 2.38 bits per heavy atom. The van der Waals surface area contributed by atoms with E-state index in [0.717, 1.165) is 6.42 Å². The molecule has 0 aliphatic heterocycles. The van der Waals surface area contributed by atoms with Crippen molar-refractivity contribution < 1.29 is 4.39 Å². The highest BCUT2D eigenvalue weighted by molar-refractivity contribution is 9.11. The predicted octanol–water partition coefficient (Wildman–Crippen LogP) is 2.91. The standard InChI is InChI=1S/C6H6BrF/c7-5-3-1-2-4-6(5)8/h1,3H,2,4H2. The first-order valence-electron chi connectivity index (χ1n) is 2.51. The maximum absolute atomic E-state index is 12.4. The SMILES string of the molecule is FC1=C(Br)C=CCC1. The van der Waals surface area contributed by atoms with E-state index in [4.69, 9.17) is 0 Å². The minimum Gasteiger partial charge on any atom is -0.211 e. The number of hydrogen-bond donors (Lipinski definition) is 0. The van der Waals surface area contributed by atoms with Crippen molar-refractivity contribution in [3.8, 4) is 0 Å². The molecule has 0 radical (unpaired) electrons. The smallest absolute Gasteiger partial charge is 0.114 e. The van der Waals surface area contributed by atoms with E-state index < -0.39 is 0 Å². The molecule has 0 fully saturated rings. The summed E-state index contributed by atoms with van der Waals surface area (Å²) in [5.41, 5.74) is 0. The lowest BCUT2D eigenvalue weighted by Gasteiger charge is -2.00. The first kappa shape index (κ1) is 6.02. The molecule has 0 heterocycles. The van der Waals surface area contributed by atoms with Crippen molar-refractivity contribution in [3.63, 3.8) is 0 Å². The van der Waals surface area contributed by atoms with Gasteiger partial charge in [-0.25, -0.2) is 4.39 Å². The zero-order valence-electron chi connectivity index (χ0n) is 4.32. The zero-order chi connectivity index (χ0) is 5.98. The Balaban J connectivity index is 2.76. The highest BCUT2D eigenvalue weighted by atomic mass is 79.9. The molecule has 0 aromatic heterocycles. The third kappa shape index (κ3) is 1.19. The zero-order valence-corrected chi connectivity index (χ0v) is 5.91. The van der Waals surface area contributed by atoms with Crippen molar-refractivity contribution in [1.82, 2.24) is 0 Å².